The highest BCUT2D eigenvalue weighted by molar-refractivity contribution is 7.98. The third kappa shape index (κ3) is 9.51. The summed E-state index contributed by atoms with van der Waals surface area (Å²) in [5.74, 6) is -6.35. The molecular weight excluding hydrogens is 448 g/mol. The summed E-state index contributed by atoms with van der Waals surface area (Å²) in [4.78, 5) is 70.8. The molecule has 1 saturated heterocycles. The molecule has 180 valence electrons. The molecule has 0 aromatic carbocycles. The van der Waals surface area contributed by atoms with E-state index in [2.05, 4.69) is 21.3 Å². The van der Waals surface area contributed by atoms with E-state index in [-0.39, 0.29) is 6.42 Å². The van der Waals surface area contributed by atoms with E-state index in [9.17, 15) is 28.8 Å². The second kappa shape index (κ2) is 13.5. The summed E-state index contributed by atoms with van der Waals surface area (Å²) in [5, 5.41) is 36.8. The Bertz CT molecular complexity index is 727. The first kappa shape index (κ1) is 27.2. The van der Waals surface area contributed by atoms with E-state index in [1.54, 1.807) is 6.26 Å². The molecule has 1 heterocycles. The number of hydrogen-bond donors (Lipinski definition) is 7. The third-order valence-electron chi connectivity index (χ3n) is 4.63. The fraction of sp³-hybridized carbons (Fsp3) is 0.667. The van der Waals surface area contributed by atoms with Crippen molar-refractivity contribution in [2.45, 2.75) is 56.3 Å². The number of carboxylic acids is 3. The molecule has 0 saturated carbocycles. The van der Waals surface area contributed by atoms with Gasteiger partial charge in [0.2, 0.25) is 17.7 Å². The van der Waals surface area contributed by atoms with E-state index in [0.29, 0.717) is 18.7 Å². The first-order valence-electron chi connectivity index (χ1n) is 9.85. The van der Waals surface area contributed by atoms with Gasteiger partial charge in [0.1, 0.15) is 18.1 Å². The molecule has 7 N–H and O–H groups in total. The van der Waals surface area contributed by atoms with Crippen LogP contribution in [0, 0.1) is 0 Å². The quantitative estimate of drug-likeness (QED) is 0.145. The Morgan fingerprint density at radius 2 is 1.47 bits per heavy atom. The van der Waals surface area contributed by atoms with E-state index in [0.717, 1.165) is 6.42 Å². The number of carbonyl (C=O) groups excluding carboxylic acids is 3. The number of aliphatic carboxylic acids is 3. The summed E-state index contributed by atoms with van der Waals surface area (Å²) in [7, 11) is 0. The van der Waals surface area contributed by atoms with Crippen LogP contribution in [0.3, 0.4) is 0 Å². The highest BCUT2D eigenvalue weighted by Gasteiger charge is 2.32. The first-order chi connectivity index (χ1) is 15.0. The van der Waals surface area contributed by atoms with Gasteiger partial charge >= 0.3 is 17.9 Å². The van der Waals surface area contributed by atoms with Gasteiger partial charge in [-0.1, -0.05) is 0 Å². The lowest BCUT2D eigenvalue weighted by Crippen LogP contribution is -2.57. The Morgan fingerprint density at radius 3 is 1.97 bits per heavy atom. The molecule has 1 fully saturated rings. The van der Waals surface area contributed by atoms with E-state index in [1.807, 2.05) is 0 Å². The van der Waals surface area contributed by atoms with Gasteiger partial charge < -0.3 is 36.6 Å². The van der Waals surface area contributed by atoms with E-state index >= 15 is 0 Å². The smallest absolute Gasteiger partial charge is 0.326 e. The van der Waals surface area contributed by atoms with Crippen LogP contribution in [-0.4, -0.2) is 93.7 Å². The van der Waals surface area contributed by atoms with Crippen LogP contribution in [0.1, 0.15) is 32.1 Å². The molecule has 0 radical (unpaired) electrons. The summed E-state index contributed by atoms with van der Waals surface area (Å²) in [5.41, 5.74) is 0. The molecule has 1 aliphatic heterocycles. The number of hydrogen-bond acceptors (Lipinski definition) is 8. The van der Waals surface area contributed by atoms with Crippen LogP contribution in [0.2, 0.25) is 0 Å². The zero-order chi connectivity index (χ0) is 24.3. The Morgan fingerprint density at radius 1 is 0.906 bits per heavy atom. The van der Waals surface area contributed by atoms with Crippen molar-refractivity contribution in [1.82, 2.24) is 21.3 Å². The molecule has 3 amide bonds. The van der Waals surface area contributed by atoms with Gasteiger partial charge in [0, 0.05) is 0 Å². The molecule has 13 nitrogen and oxygen atoms in total. The van der Waals surface area contributed by atoms with Crippen LogP contribution >= 0.6 is 11.8 Å². The maximum absolute atomic E-state index is 12.7. The molecule has 0 spiro atoms. The van der Waals surface area contributed by atoms with Crippen molar-refractivity contribution in [3.63, 3.8) is 0 Å². The number of carboxylic acid groups (broad SMARTS) is 3. The van der Waals surface area contributed by atoms with Crippen molar-refractivity contribution < 1.29 is 44.1 Å². The maximum Gasteiger partial charge on any atom is 0.326 e. The molecule has 4 unspecified atom stereocenters. The van der Waals surface area contributed by atoms with Gasteiger partial charge in [0.15, 0.2) is 0 Å². The molecule has 0 bridgehead atoms. The summed E-state index contributed by atoms with van der Waals surface area (Å²) >= 11 is 1.34. The maximum atomic E-state index is 12.7. The van der Waals surface area contributed by atoms with Crippen LogP contribution in [0.4, 0.5) is 0 Å². The third-order valence-corrected chi connectivity index (χ3v) is 5.27. The van der Waals surface area contributed by atoms with Crippen LogP contribution < -0.4 is 21.3 Å². The largest absolute Gasteiger partial charge is 0.481 e. The molecule has 0 aromatic heterocycles. The average molecular weight is 477 g/mol. The zero-order valence-corrected chi connectivity index (χ0v) is 18.3. The molecule has 14 heteroatoms. The number of rotatable bonds is 14. The molecule has 32 heavy (non-hydrogen) atoms. The standard InChI is InChI=1S/C18H28N4O9S/c1-32-6-4-10(16(28)22-12(18(30)31)8-14(25)26)20-17(29)11(7-13(23)24)21-15(27)9-3-2-5-19-9/h9-12,19H,2-8H2,1H3,(H,20,29)(H,21,27)(H,22,28)(H,23,24)(H,25,26)(H,30,31). The molecule has 1 rings (SSSR count). The molecule has 0 aliphatic carbocycles. The molecule has 1 aliphatic rings. The number of nitrogens with one attached hydrogen (secondary N) is 4. The minimum Gasteiger partial charge on any atom is -0.481 e. The van der Waals surface area contributed by atoms with Gasteiger partial charge in [0.05, 0.1) is 18.9 Å². The monoisotopic (exact) mass is 476 g/mol. The lowest BCUT2D eigenvalue weighted by Gasteiger charge is -2.24. The summed E-state index contributed by atoms with van der Waals surface area (Å²) in [6, 6.07) is -4.98. The minimum absolute atomic E-state index is 0.0655. The summed E-state index contributed by atoms with van der Waals surface area (Å²) < 4.78 is 0. The average Bonchev–Trinajstić information content (AvgIpc) is 3.24. The van der Waals surface area contributed by atoms with Crippen molar-refractivity contribution >= 4 is 47.4 Å². The predicted molar refractivity (Wildman–Crippen MR) is 112 cm³/mol. The second-order valence-electron chi connectivity index (χ2n) is 7.15. The first-order valence-corrected chi connectivity index (χ1v) is 11.2. The normalized spacial score (nSPS) is 18.1. The van der Waals surface area contributed by atoms with Gasteiger partial charge in [-0.05, 0) is 37.8 Å². The predicted octanol–water partition coefficient (Wildman–Crippen LogP) is -2.02. The lowest BCUT2D eigenvalue weighted by molar-refractivity contribution is -0.147. The van der Waals surface area contributed by atoms with Gasteiger partial charge in [-0.2, -0.15) is 11.8 Å². The molecular formula is C18H28N4O9S. The second-order valence-corrected chi connectivity index (χ2v) is 8.13. The van der Waals surface area contributed by atoms with Crippen LogP contribution in [0.15, 0.2) is 0 Å². The number of carbonyl (C=O) groups is 6. The fourth-order valence-corrected chi connectivity index (χ4v) is 3.46. The topological polar surface area (TPSA) is 211 Å². The van der Waals surface area contributed by atoms with Crippen LogP contribution in [-0.2, 0) is 28.8 Å². The van der Waals surface area contributed by atoms with E-state index < -0.39 is 72.6 Å². The van der Waals surface area contributed by atoms with Gasteiger partial charge in [-0.15, -0.1) is 0 Å². The Hall–Kier alpha value is -2.87. The summed E-state index contributed by atoms with van der Waals surface area (Å²) in [6.07, 6.45) is 1.51. The van der Waals surface area contributed by atoms with Crippen LogP contribution in [0.5, 0.6) is 0 Å². The van der Waals surface area contributed by atoms with Crippen molar-refractivity contribution in [3.8, 4) is 0 Å². The Kier molecular flexibility index (Phi) is 11.5. The van der Waals surface area contributed by atoms with E-state index in [4.69, 9.17) is 15.3 Å². The lowest BCUT2D eigenvalue weighted by atomic mass is 10.1. The Balaban J connectivity index is 2.91. The van der Waals surface area contributed by atoms with Gasteiger partial charge in [-0.25, -0.2) is 4.79 Å². The van der Waals surface area contributed by atoms with Crippen molar-refractivity contribution in [2.75, 3.05) is 18.6 Å². The van der Waals surface area contributed by atoms with Crippen LogP contribution in [0.25, 0.3) is 0 Å². The van der Waals surface area contributed by atoms with Crippen molar-refractivity contribution in [3.05, 3.63) is 0 Å². The van der Waals surface area contributed by atoms with Gasteiger partial charge in [-0.3, -0.25) is 24.0 Å². The van der Waals surface area contributed by atoms with Crippen molar-refractivity contribution in [2.24, 2.45) is 0 Å². The number of amides is 3. The highest BCUT2D eigenvalue weighted by atomic mass is 32.2. The van der Waals surface area contributed by atoms with E-state index in [1.165, 1.54) is 11.8 Å². The van der Waals surface area contributed by atoms with Gasteiger partial charge in [0.25, 0.3) is 0 Å². The highest BCUT2D eigenvalue weighted by Crippen LogP contribution is 2.07. The molecule has 0 aromatic rings. The minimum atomic E-state index is -1.71. The SMILES string of the molecule is CSCCC(NC(=O)C(CC(=O)O)NC(=O)C1CCCN1)C(=O)NC(CC(=O)O)C(=O)O. The fourth-order valence-electron chi connectivity index (χ4n) is 2.99. The number of thioether (sulfide) groups is 1. The Labute approximate surface area is 188 Å². The van der Waals surface area contributed by atoms with Crippen molar-refractivity contribution in [1.29, 1.82) is 0 Å². The molecule has 4 atom stereocenters. The zero-order valence-electron chi connectivity index (χ0n) is 17.5. The summed E-state index contributed by atoms with van der Waals surface area (Å²) in [6.45, 7) is 0.617.